The van der Waals surface area contributed by atoms with Crippen LogP contribution in [0.15, 0.2) is 18.3 Å². The van der Waals surface area contributed by atoms with E-state index in [1.807, 2.05) is 6.20 Å². The van der Waals surface area contributed by atoms with E-state index in [4.69, 9.17) is 0 Å². The van der Waals surface area contributed by atoms with Crippen LogP contribution in [0.2, 0.25) is 0 Å². The van der Waals surface area contributed by atoms with Gasteiger partial charge in [-0.2, -0.15) is 0 Å². The molecule has 2 fully saturated rings. The lowest BCUT2D eigenvalue weighted by atomic mass is 10.2. The number of piperazine rings is 1. The summed E-state index contributed by atoms with van der Waals surface area (Å²) in [7, 11) is 2.23. The second kappa shape index (κ2) is 3.20. The molecule has 0 aromatic carbocycles. The van der Waals surface area contributed by atoms with Gasteiger partial charge in [0.15, 0.2) is 0 Å². The Kier molecular flexibility index (Phi) is 1.96. The molecule has 1 aromatic heterocycles. The van der Waals surface area contributed by atoms with Crippen molar-refractivity contribution in [1.82, 2.24) is 9.88 Å². The molecule has 1 aromatic rings. The van der Waals surface area contributed by atoms with E-state index in [1.165, 1.54) is 18.5 Å². The van der Waals surface area contributed by atoms with Gasteiger partial charge in [-0.25, -0.2) is 4.98 Å². The van der Waals surface area contributed by atoms with E-state index in [9.17, 15) is 0 Å². The molecule has 0 aliphatic carbocycles. The first-order valence-corrected chi connectivity index (χ1v) is 5.63. The average molecular weight is 203 g/mol. The zero-order chi connectivity index (χ0) is 10.4. The van der Waals surface area contributed by atoms with Crippen molar-refractivity contribution in [3.8, 4) is 0 Å². The number of hydrogen-bond donors (Lipinski definition) is 0. The number of anilines is 1. The molecular formula is C12H17N3. The lowest BCUT2D eigenvalue weighted by Gasteiger charge is -2.32. The Morgan fingerprint density at radius 1 is 1.27 bits per heavy atom. The number of aromatic nitrogens is 1. The molecule has 2 bridgehead atoms. The molecule has 0 saturated carbocycles. The summed E-state index contributed by atoms with van der Waals surface area (Å²) in [6.45, 7) is 4.43. The van der Waals surface area contributed by atoms with Crippen molar-refractivity contribution in [3.63, 3.8) is 0 Å². The van der Waals surface area contributed by atoms with Gasteiger partial charge in [0.25, 0.3) is 0 Å². The van der Waals surface area contributed by atoms with E-state index < -0.39 is 0 Å². The molecule has 0 radical (unpaired) electrons. The number of hydrogen-bond acceptors (Lipinski definition) is 3. The summed E-state index contributed by atoms with van der Waals surface area (Å²) in [6.07, 6.45) is 3.27. The highest BCUT2D eigenvalue weighted by molar-refractivity contribution is 5.43. The van der Waals surface area contributed by atoms with Gasteiger partial charge < -0.3 is 4.90 Å². The van der Waals surface area contributed by atoms with Crippen molar-refractivity contribution in [2.75, 3.05) is 25.0 Å². The largest absolute Gasteiger partial charge is 0.351 e. The smallest absolute Gasteiger partial charge is 0.128 e. The third-order valence-corrected chi connectivity index (χ3v) is 3.70. The van der Waals surface area contributed by atoms with Crippen molar-refractivity contribution in [1.29, 1.82) is 0 Å². The topological polar surface area (TPSA) is 19.4 Å². The first kappa shape index (κ1) is 9.16. The summed E-state index contributed by atoms with van der Waals surface area (Å²) in [6, 6.07) is 5.74. The number of pyridine rings is 1. The van der Waals surface area contributed by atoms with Crippen LogP contribution in [0, 0.1) is 6.92 Å². The van der Waals surface area contributed by atoms with E-state index in [0.717, 1.165) is 18.4 Å². The van der Waals surface area contributed by atoms with Crippen LogP contribution < -0.4 is 4.90 Å². The standard InChI is InChI=1S/C12H17N3/c1-9-3-4-12(13-6-9)15-8-10-5-11(15)7-14(10)2/h3-4,6,10-11H,5,7-8H2,1-2H3/t10-,11-/m0/s1. The molecule has 15 heavy (non-hydrogen) atoms. The zero-order valence-electron chi connectivity index (χ0n) is 9.35. The van der Waals surface area contributed by atoms with Gasteiger partial charge in [0.05, 0.1) is 0 Å². The van der Waals surface area contributed by atoms with Gasteiger partial charge in [0.1, 0.15) is 5.82 Å². The van der Waals surface area contributed by atoms with Crippen LogP contribution in [0.1, 0.15) is 12.0 Å². The Morgan fingerprint density at radius 3 is 2.67 bits per heavy atom. The predicted octanol–water partition coefficient (Wildman–Crippen LogP) is 1.28. The molecule has 0 unspecified atom stereocenters. The highest BCUT2D eigenvalue weighted by Crippen LogP contribution is 2.32. The Hall–Kier alpha value is -1.09. The quantitative estimate of drug-likeness (QED) is 0.685. The number of fused-ring (bicyclic) bond motifs is 2. The molecule has 2 aliphatic heterocycles. The van der Waals surface area contributed by atoms with Gasteiger partial charge in [0.2, 0.25) is 0 Å². The Morgan fingerprint density at radius 2 is 2.13 bits per heavy atom. The first-order chi connectivity index (χ1) is 7.24. The van der Waals surface area contributed by atoms with Crippen LogP contribution in [0.4, 0.5) is 5.82 Å². The molecule has 0 amide bonds. The summed E-state index contributed by atoms with van der Waals surface area (Å²) in [5.74, 6) is 1.15. The Balaban J connectivity index is 1.83. The summed E-state index contributed by atoms with van der Waals surface area (Å²) in [5.41, 5.74) is 1.24. The number of rotatable bonds is 1. The molecule has 2 aliphatic rings. The molecule has 2 atom stereocenters. The summed E-state index contributed by atoms with van der Waals surface area (Å²) < 4.78 is 0. The third-order valence-electron chi connectivity index (χ3n) is 3.70. The van der Waals surface area contributed by atoms with E-state index in [2.05, 4.69) is 40.9 Å². The van der Waals surface area contributed by atoms with E-state index in [1.54, 1.807) is 0 Å². The number of likely N-dealkylation sites (tertiary alicyclic amines) is 1. The Labute approximate surface area is 90.7 Å². The highest BCUT2D eigenvalue weighted by Gasteiger charge is 2.41. The fourth-order valence-corrected chi connectivity index (χ4v) is 2.78. The lowest BCUT2D eigenvalue weighted by molar-refractivity contribution is 0.292. The van der Waals surface area contributed by atoms with Crippen molar-refractivity contribution < 1.29 is 0 Å². The van der Waals surface area contributed by atoms with E-state index >= 15 is 0 Å². The maximum Gasteiger partial charge on any atom is 0.128 e. The van der Waals surface area contributed by atoms with Crippen LogP contribution in [-0.4, -0.2) is 42.1 Å². The molecule has 2 saturated heterocycles. The minimum Gasteiger partial charge on any atom is -0.351 e. The summed E-state index contributed by atoms with van der Waals surface area (Å²) in [5, 5.41) is 0. The molecule has 0 N–H and O–H groups in total. The van der Waals surface area contributed by atoms with Gasteiger partial charge >= 0.3 is 0 Å². The van der Waals surface area contributed by atoms with Crippen LogP contribution in [0.5, 0.6) is 0 Å². The maximum absolute atomic E-state index is 4.51. The highest BCUT2D eigenvalue weighted by atomic mass is 15.4. The van der Waals surface area contributed by atoms with Gasteiger partial charge in [-0.15, -0.1) is 0 Å². The molecular weight excluding hydrogens is 186 g/mol. The van der Waals surface area contributed by atoms with E-state index in [0.29, 0.717) is 6.04 Å². The first-order valence-electron chi connectivity index (χ1n) is 5.63. The fourth-order valence-electron chi connectivity index (χ4n) is 2.78. The van der Waals surface area contributed by atoms with Crippen LogP contribution in [0.3, 0.4) is 0 Å². The minimum atomic E-state index is 0.690. The van der Waals surface area contributed by atoms with Crippen molar-refractivity contribution in [2.45, 2.75) is 25.4 Å². The fraction of sp³-hybridized carbons (Fsp3) is 0.583. The summed E-state index contributed by atoms with van der Waals surface area (Å²) in [4.78, 5) is 9.44. The molecule has 3 nitrogen and oxygen atoms in total. The second-order valence-corrected chi connectivity index (χ2v) is 4.83. The number of aryl methyl sites for hydroxylation is 1. The molecule has 3 heteroatoms. The number of nitrogens with zero attached hydrogens (tertiary/aromatic N) is 3. The van der Waals surface area contributed by atoms with Gasteiger partial charge in [-0.05, 0) is 32.0 Å². The van der Waals surface area contributed by atoms with Crippen molar-refractivity contribution in [3.05, 3.63) is 23.9 Å². The lowest BCUT2D eigenvalue weighted by Crippen LogP contribution is -2.44. The number of likely N-dealkylation sites (N-methyl/N-ethyl adjacent to an activating group) is 1. The van der Waals surface area contributed by atoms with E-state index in [-0.39, 0.29) is 0 Å². The maximum atomic E-state index is 4.51. The monoisotopic (exact) mass is 203 g/mol. The van der Waals surface area contributed by atoms with Gasteiger partial charge in [0, 0.05) is 31.4 Å². The van der Waals surface area contributed by atoms with Crippen LogP contribution >= 0.6 is 0 Å². The molecule has 3 rings (SSSR count). The second-order valence-electron chi connectivity index (χ2n) is 4.83. The third kappa shape index (κ3) is 1.42. The Bertz CT molecular complexity index is 358. The van der Waals surface area contributed by atoms with Crippen molar-refractivity contribution >= 4 is 5.82 Å². The SMILES string of the molecule is Cc1ccc(N2C[C@@H]3C[C@H]2CN3C)nc1. The van der Waals surface area contributed by atoms with Crippen LogP contribution in [-0.2, 0) is 0 Å². The molecule has 3 heterocycles. The molecule has 0 spiro atoms. The summed E-state index contributed by atoms with van der Waals surface area (Å²) >= 11 is 0. The minimum absolute atomic E-state index is 0.690. The van der Waals surface area contributed by atoms with Crippen molar-refractivity contribution in [2.24, 2.45) is 0 Å². The van der Waals surface area contributed by atoms with Gasteiger partial charge in [-0.1, -0.05) is 6.07 Å². The predicted molar refractivity (Wildman–Crippen MR) is 61.1 cm³/mol. The van der Waals surface area contributed by atoms with Gasteiger partial charge in [-0.3, -0.25) is 4.90 Å². The normalized spacial score (nSPS) is 30.1. The zero-order valence-corrected chi connectivity index (χ0v) is 9.35. The molecule has 80 valence electrons. The van der Waals surface area contributed by atoms with Crippen LogP contribution in [0.25, 0.3) is 0 Å². The average Bonchev–Trinajstić information content (AvgIpc) is 2.77.